The minimum Gasteiger partial charge on any atom is -0.492 e. The van der Waals surface area contributed by atoms with Gasteiger partial charge in [0.2, 0.25) is 5.91 Å². The number of fused-ring (bicyclic) bond motifs is 1. The summed E-state index contributed by atoms with van der Waals surface area (Å²) < 4.78 is 5.60. The number of nitrogens with zero attached hydrogens (tertiary/aromatic N) is 1. The molecule has 8 heteroatoms. The zero-order valence-corrected chi connectivity index (χ0v) is 17.6. The van der Waals surface area contributed by atoms with Crippen molar-refractivity contribution in [3.63, 3.8) is 0 Å². The van der Waals surface area contributed by atoms with Crippen molar-refractivity contribution in [2.45, 2.75) is 38.8 Å². The second-order valence-corrected chi connectivity index (χ2v) is 7.57. The first kappa shape index (κ1) is 21.3. The highest BCUT2D eigenvalue weighted by Gasteiger charge is 2.32. The number of amides is 2. The van der Waals surface area contributed by atoms with Gasteiger partial charge in [-0.25, -0.2) is 5.01 Å². The van der Waals surface area contributed by atoms with Crippen LogP contribution in [0.15, 0.2) is 42.5 Å². The van der Waals surface area contributed by atoms with E-state index in [0.717, 1.165) is 18.5 Å². The van der Waals surface area contributed by atoms with Gasteiger partial charge in [0.1, 0.15) is 11.9 Å². The Hall–Kier alpha value is -2.44. The molecule has 0 bridgehead atoms. The molecule has 0 aromatic heterocycles. The summed E-state index contributed by atoms with van der Waals surface area (Å²) in [6.45, 7) is 2.36. The van der Waals surface area contributed by atoms with E-state index in [1.807, 2.05) is 19.1 Å². The highest BCUT2D eigenvalue weighted by atomic mass is 35.5. The molecule has 2 amide bonds. The minimum absolute atomic E-state index is 0.213. The number of anilines is 1. The van der Waals surface area contributed by atoms with Crippen LogP contribution in [-0.2, 0) is 4.79 Å². The second kappa shape index (κ2) is 9.85. The summed E-state index contributed by atoms with van der Waals surface area (Å²) in [5.41, 5.74) is 4.07. The molecule has 2 N–H and O–H groups in total. The lowest BCUT2D eigenvalue weighted by Crippen LogP contribution is -2.57. The standard InChI is InChI=1S/C21H23Cl2N3O3/c1-2-6-19-24-17-8-4-3-7-15(17)21(28)26(19)25-20(27)9-5-12-29-18-11-10-14(22)13-16(18)23/h3-4,7-8,10-11,13,19,24H,2,5-6,9,12H2,1H3,(H,25,27). The zero-order valence-electron chi connectivity index (χ0n) is 16.1. The summed E-state index contributed by atoms with van der Waals surface area (Å²) in [5.74, 6) is 0.0632. The first-order chi connectivity index (χ1) is 14.0. The van der Waals surface area contributed by atoms with Crippen molar-refractivity contribution >= 4 is 40.7 Å². The van der Waals surface area contributed by atoms with Crippen LogP contribution in [0.2, 0.25) is 10.0 Å². The predicted molar refractivity (Wildman–Crippen MR) is 114 cm³/mol. The lowest BCUT2D eigenvalue weighted by Gasteiger charge is -2.37. The van der Waals surface area contributed by atoms with Gasteiger partial charge < -0.3 is 10.1 Å². The first-order valence-corrected chi connectivity index (χ1v) is 10.3. The van der Waals surface area contributed by atoms with Gasteiger partial charge in [-0.15, -0.1) is 0 Å². The van der Waals surface area contributed by atoms with Gasteiger partial charge in [0.15, 0.2) is 0 Å². The van der Waals surface area contributed by atoms with Crippen LogP contribution in [-0.4, -0.2) is 29.6 Å². The average molecular weight is 436 g/mol. The molecule has 1 atom stereocenters. The molecule has 6 nitrogen and oxygen atoms in total. The molecular weight excluding hydrogens is 413 g/mol. The molecule has 1 heterocycles. The van der Waals surface area contributed by atoms with E-state index in [4.69, 9.17) is 27.9 Å². The third kappa shape index (κ3) is 5.34. The lowest BCUT2D eigenvalue weighted by molar-refractivity contribution is -0.126. The number of hydrogen-bond acceptors (Lipinski definition) is 4. The fraction of sp³-hybridized carbons (Fsp3) is 0.333. The molecular formula is C21H23Cl2N3O3. The predicted octanol–water partition coefficient (Wildman–Crippen LogP) is 4.88. The molecule has 2 aromatic carbocycles. The third-order valence-electron chi connectivity index (χ3n) is 4.52. The van der Waals surface area contributed by atoms with Crippen molar-refractivity contribution in [1.82, 2.24) is 10.4 Å². The van der Waals surface area contributed by atoms with Crippen LogP contribution >= 0.6 is 23.2 Å². The highest BCUT2D eigenvalue weighted by Crippen LogP contribution is 2.28. The van der Waals surface area contributed by atoms with E-state index in [9.17, 15) is 9.59 Å². The SMILES string of the molecule is CCCC1Nc2ccccc2C(=O)N1NC(=O)CCCOc1ccc(Cl)cc1Cl. The number of rotatable bonds is 8. The molecule has 0 spiro atoms. The van der Waals surface area contributed by atoms with Gasteiger partial charge in [0.05, 0.1) is 17.2 Å². The van der Waals surface area contributed by atoms with Crippen LogP contribution < -0.4 is 15.5 Å². The Morgan fingerprint density at radius 1 is 1.24 bits per heavy atom. The largest absolute Gasteiger partial charge is 0.492 e. The number of hydrogen-bond donors (Lipinski definition) is 2. The van der Waals surface area contributed by atoms with E-state index in [0.29, 0.717) is 34.4 Å². The van der Waals surface area contributed by atoms with Crippen molar-refractivity contribution in [3.8, 4) is 5.75 Å². The van der Waals surface area contributed by atoms with E-state index < -0.39 is 0 Å². The molecule has 154 valence electrons. The van der Waals surface area contributed by atoms with E-state index in [1.165, 1.54) is 5.01 Å². The number of ether oxygens (including phenoxy) is 1. The number of halogens is 2. The average Bonchev–Trinajstić information content (AvgIpc) is 2.70. The smallest absolute Gasteiger partial charge is 0.276 e. The quantitative estimate of drug-likeness (QED) is 0.579. The number of carbonyl (C=O) groups is 2. The van der Waals surface area contributed by atoms with Crippen molar-refractivity contribution in [2.75, 3.05) is 11.9 Å². The van der Waals surface area contributed by atoms with Gasteiger partial charge in [-0.1, -0.05) is 48.7 Å². The Balaban J connectivity index is 1.54. The van der Waals surface area contributed by atoms with Crippen molar-refractivity contribution in [2.24, 2.45) is 0 Å². The summed E-state index contributed by atoms with van der Waals surface area (Å²) in [6.07, 6.45) is 2.01. The lowest BCUT2D eigenvalue weighted by atomic mass is 10.1. The van der Waals surface area contributed by atoms with Gasteiger partial charge in [0.25, 0.3) is 5.91 Å². The van der Waals surface area contributed by atoms with E-state index in [-0.39, 0.29) is 24.4 Å². The number of nitrogens with one attached hydrogen (secondary N) is 2. The molecule has 1 aliphatic rings. The Bertz CT molecular complexity index is 891. The second-order valence-electron chi connectivity index (χ2n) is 6.73. The number of para-hydroxylation sites is 1. The molecule has 0 fully saturated rings. The molecule has 2 aromatic rings. The molecule has 0 radical (unpaired) electrons. The van der Waals surface area contributed by atoms with Crippen molar-refractivity contribution < 1.29 is 14.3 Å². The van der Waals surface area contributed by atoms with E-state index >= 15 is 0 Å². The normalized spacial score (nSPS) is 15.5. The van der Waals surface area contributed by atoms with Crippen LogP contribution in [0.4, 0.5) is 5.69 Å². The Kier molecular flexibility index (Phi) is 7.23. The summed E-state index contributed by atoms with van der Waals surface area (Å²) in [6, 6.07) is 12.3. The van der Waals surface area contributed by atoms with E-state index in [1.54, 1.807) is 30.3 Å². The number of hydrazine groups is 1. The van der Waals surface area contributed by atoms with Crippen LogP contribution in [0, 0.1) is 0 Å². The van der Waals surface area contributed by atoms with Crippen molar-refractivity contribution in [3.05, 3.63) is 58.1 Å². The molecule has 0 aliphatic carbocycles. The van der Waals surface area contributed by atoms with Crippen LogP contribution in [0.1, 0.15) is 43.0 Å². The molecule has 1 unspecified atom stereocenters. The van der Waals surface area contributed by atoms with Gasteiger partial charge in [-0.05, 0) is 43.2 Å². The fourth-order valence-electron chi connectivity index (χ4n) is 3.11. The molecule has 3 rings (SSSR count). The number of benzene rings is 2. The van der Waals surface area contributed by atoms with Crippen molar-refractivity contribution in [1.29, 1.82) is 0 Å². The van der Waals surface area contributed by atoms with Crippen LogP contribution in [0.5, 0.6) is 5.75 Å². The summed E-state index contributed by atoms with van der Waals surface area (Å²) in [5, 5.41) is 5.67. The first-order valence-electron chi connectivity index (χ1n) is 9.56. The Morgan fingerprint density at radius 2 is 2.03 bits per heavy atom. The van der Waals surface area contributed by atoms with E-state index in [2.05, 4.69) is 10.7 Å². The van der Waals surface area contributed by atoms with Crippen LogP contribution in [0.3, 0.4) is 0 Å². The summed E-state index contributed by atoms with van der Waals surface area (Å²) in [4.78, 5) is 25.2. The minimum atomic E-state index is -0.282. The maximum atomic E-state index is 12.8. The van der Waals surface area contributed by atoms with Gasteiger partial charge in [0, 0.05) is 17.1 Å². The van der Waals surface area contributed by atoms with Gasteiger partial charge >= 0.3 is 0 Å². The highest BCUT2D eigenvalue weighted by molar-refractivity contribution is 6.35. The fourth-order valence-corrected chi connectivity index (χ4v) is 3.57. The number of carbonyl (C=O) groups excluding carboxylic acids is 2. The maximum Gasteiger partial charge on any atom is 0.276 e. The molecule has 0 saturated carbocycles. The van der Waals surface area contributed by atoms with Gasteiger partial charge in [-0.2, -0.15) is 0 Å². The third-order valence-corrected chi connectivity index (χ3v) is 5.05. The van der Waals surface area contributed by atoms with Crippen LogP contribution in [0.25, 0.3) is 0 Å². The molecule has 0 saturated heterocycles. The summed E-state index contributed by atoms with van der Waals surface area (Å²) >= 11 is 11.9. The Morgan fingerprint density at radius 3 is 2.79 bits per heavy atom. The monoisotopic (exact) mass is 435 g/mol. The molecule has 29 heavy (non-hydrogen) atoms. The molecule has 1 aliphatic heterocycles. The topological polar surface area (TPSA) is 70.7 Å². The zero-order chi connectivity index (χ0) is 20.8. The summed E-state index contributed by atoms with van der Waals surface area (Å²) in [7, 11) is 0. The van der Waals surface area contributed by atoms with Gasteiger partial charge in [-0.3, -0.25) is 15.0 Å². The Labute approximate surface area is 180 Å². The maximum absolute atomic E-state index is 12.8.